The molecule has 23 heavy (non-hydrogen) atoms. The molecule has 2 aromatic rings. The van der Waals surface area contributed by atoms with E-state index in [0.29, 0.717) is 5.03 Å². The van der Waals surface area contributed by atoms with E-state index < -0.39 is 0 Å². The highest BCUT2D eigenvalue weighted by Crippen LogP contribution is 2.36. The molecule has 0 saturated heterocycles. The Morgan fingerprint density at radius 3 is 2.09 bits per heavy atom. The normalized spacial score (nSPS) is 11.8. The van der Waals surface area contributed by atoms with E-state index >= 15 is 0 Å². The summed E-state index contributed by atoms with van der Waals surface area (Å²) < 4.78 is 7.13. The molecule has 120 valence electrons. The van der Waals surface area contributed by atoms with Gasteiger partial charge in [0.15, 0.2) is 0 Å². The van der Waals surface area contributed by atoms with Crippen molar-refractivity contribution in [2.45, 2.75) is 11.8 Å². The van der Waals surface area contributed by atoms with Crippen molar-refractivity contribution in [3.8, 4) is 0 Å². The molecule has 0 aliphatic rings. The standard InChI is InChI=1S/C17H13Br2ClO2S/c1-11(21)22-10-16(23-15-8-6-14(19)7-9-15)17(20)12-2-4-13(18)5-3-12/h2-9H,10H2,1H3/b17-16-. The molecule has 2 aromatic carbocycles. The van der Waals surface area contributed by atoms with E-state index in [2.05, 4.69) is 31.9 Å². The Bertz CT molecular complexity index is 712. The fourth-order valence-electron chi connectivity index (χ4n) is 1.71. The summed E-state index contributed by atoms with van der Waals surface area (Å²) in [4.78, 5) is 12.9. The highest BCUT2D eigenvalue weighted by molar-refractivity contribution is 9.10. The van der Waals surface area contributed by atoms with Crippen LogP contribution in [-0.2, 0) is 9.53 Å². The summed E-state index contributed by atoms with van der Waals surface area (Å²) in [7, 11) is 0. The van der Waals surface area contributed by atoms with Crippen molar-refractivity contribution >= 4 is 66.2 Å². The van der Waals surface area contributed by atoms with Gasteiger partial charge in [0, 0.05) is 25.7 Å². The highest BCUT2D eigenvalue weighted by Gasteiger charge is 2.11. The van der Waals surface area contributed by atoms with Crippen LogP contribution in [0.1, 0.15) is 12.5 Å². The Labute approximate surface area is 161 Å². The molecule has 6 heteroatoms. The predicted octanol–water partition coefficient (Wildman–Crippen LogP) is 6.47. The maximum Gasteiger partial charge on any atom is 0.302 e. The summed E-state index contributed by atoms with van der Waals surface area (Å²) in [6.07, 6.45) is 0. The van der Waals surface area contributed by atoms with Gasteiger partial charge in [-0.15, -0.1) is 0 Å². The molecule has 0 aromatic heterocycles. The zero-order valence-corrected chi connectivity index (χ0v) is 16.9. The summed E-state index contributed by atoms with van der Waals surface area (Å²) in [6.45, 7) is 1.53. The Balaban J connectivity index is 2.31. The quantitative estimate of drug-likeness (QED) is 0.365. The van der Waals surface area contributed by atoms with Gasteiger partial charge in [-0.1, -0.05) is 67.4 Å². The van der Waals surface area contributed by atoms with E-state index in [-0.39, 0.29) is 12.6 Å². The van der Waals surface area contributed by atoms with Crippen molar-refractivity contribution < 1.29 is 9.53 Å². The maximum atomic E-state index is 11.1. The smallest absolute Gasteiger partial charge is 0.302 e. The van der Waals surface area contributed by atoms with Crippen LogP contribution in [0.3, 0.4) is 0 Å². The molecule has 0 saturated carbocycles. The van der Waals surface area contributed by atoms with E-state index in [0.717, 1.165) is 24.3 Å². The third-order valence-corrected chi connectivity index (χ3v) is 5.50. The lowest BCUT2D eigenvalue weighted by molar-refractivity contribution is -0.139. The Kier molecular flexibility index (Phi) is 7.21. The monoisotopic (exact) mass is 474 g/mol. The molecular formula is C17H13Br2ClO2S. The number of thioether (sulfide) groups is 1. The topological polar surface area (TPSA) is 26.3 Å². The van der Waals surface area contributed by atoms with Gasteiger partial charge in [0.25, 0.3) is 0 Å². The lowest BCUT2D eigenvalue weighted by atomic mass is 10.2. The fourth-order valence-corrected chi connectivity index (χ4v) is 3.41. The third-order valence-electron chi connectivity index (χ3n) is 2.80. The molecular weight excluding hydrogens is 464 g/mol. The number of benzene rings is 2. The first-order valence-electron chi connectivity index (χ1n) is 6.67. The SMILES string of the molecule is CC(=O)OC/C(Sc1ccc(Br)cc1)=C(/Cl)c1ccc(Br)cc1. The van der Waals surface area contributed by atoms with Gasteiger partial charge in [-0.3, -0.25) is 4.79 Å². The van der Waals surface area contributed by atoms with Crippen molar-refractivity contribution in [2.24, 2.45) is 0 Å². The van der Waals surface area contributed by atoms with Crippen molar-refractivity contribution in [1.82, 2.24) is 0 Å². The van der Waals surface area contributed by atoms with Crippen molar-refractivity contribution in [3.63, 3.8) is 0 Å². The van der Waals surface area contributed by atoms with Crippen LogP contribution in [0, 0.1) is 0 Å². The largest absolute Gasteiger partial charge is 0.460 e. The molecule has 0 N–H and O–H groups in total. The van der Waals surface area contributed by atoms with Crippen LogP contribution < -0.4 is 0 Å². The van der Waals surface area contributed by atoms with E-state index in [1.165, 1.54) is 18.7 Å². The summed E-state index contributed by atoms with van der Waals surface area (Å²) in [5.74, 6) is -0.334. The molecule has 0 amide bonds. The number of halogens is 3. The number of esters is 1. The summed E-state index contributed by atoms with van der Waals surface area (Å²) in [5, 5.41) is 0.576. The number of ether oxygens (including phenoxy) is 1. The minimum atomic E-state index is -0.334. The Morgan fingerprint density at radius 2 is 1.57 bits per heavy atom. The third kappa shape index (κ3) is 5.99. The van der Waals surface area contributed by atoms with Gasteiger partial charge in [0.05, 0.1) is 5.03 Å². The Hall–Kier alpha value is -0.750. The highest BCUT2D eigenvalue weighted by atomic mass is 79.9. The molecule has 2 rings (SSSR count). The van der Waals surface area contributed by atoms with Crippen LogP contribution in [0.25, 0.3) is 5.03 Å². The molecule has 0 atom stereocenters. The fraction of sp³-hybridized carbons (Fsp3) is 0.118. The average molecular weight is 477 g/mol. The number of rotatable bonds is 5. The zero-order chi connectivity index (χ0) is 16.8. The minimum Gasteiger partial charge on any atom is -0.460 e. The van der Waals surface area contributed by atoms with Crippen LogP contribution in [0.2, 0.25) is 0 Å². The second kappa shape index (κ2) is 8.92. The molecule has 0 radical (unpaired) electrons. The molecule has 0 heterocycles. The van der Waals surface area contributed by atoms with E-state index in [4.69, 9.17) is 16.3 Å². The van der Waals surface area contributed by atoms with Crippen molar-refractivity contribution in [3.05, 3.63) is 67.9 Å². The van der Waals surface area contributed by atoms with Crippen LogP contribution >= 0.6 is 55.2 Å². The number of carbonyl (C=O) groups is 1. The van der Waals surface area contributed by atoms with Crippen LogP contribution in [0.5, 0.6) is 0 Å². The van der Waals surface area contributed by atoms with E-state index in [1.54, 1.807) is 0 Å². The maximum absolute atomic E-state index is 11.1. The van der Waals surface area contributed by atoms with Gasteiger partial charge in [0.1, 0.15) is 6.61 Å². The molecule has 0 unspecified atom stereocenters. The second-order valence-electron chi connectivity index (χ2n) is 4.58. The van der Waals surface area contributed by atoms with Gasteiger partial charge in [-0.05, 0) is 42.0 Å². The number of carbonyl (C=O) groups excluding carboxylic acids is 1. The van der Waals surface area contributed by atoms with Crippen LogP contribution in [-0.4, -0.2) is 12.6 Å². The Morgan fingerprint density at radius 1 is 1.04 bits per heavy atom. The first-order valence-corrected chi connectivity index (χ1v) is 9.45. The first-order chi connectivity index (χ1) is 11.0. The molecule has 0 aliphatic heterocycles. The van der Waals surface area contributed by atoms with Gasteiger partial charge in [0.2, 0.25) is 0 Å². The molecule has 0 spiro atoms. The summed E-state index contributed by atoms with van der Waals surface area (Å²) >= 11 is 14.8. The molecule has 2 nitrogen and oxygen atoms in total. The average Bonchev–Trinajstić information content (AvgIpc) is 2.53. The van der Waals surface area contributed by atoms with Gasteiger partial charge in [-0.25, -0.2) is 0 Å². The lowest BCUT2D eigenvalue weighted by Crippen LogP contribution is -2.02. The van der Waals surface area contributed by atoms with Gasteiger partial charge < -0.3 is 4.74 Å². The number of hydrogen-bond acceptors (Lipinski definition) is 3. The van der Waals surface area contributed by atoms with Gasteiger partial charge >= 0.3 is 5.97 Å². The molecule has 0 aliphatic carbocycles. The van der Waals surface area contributed by atoms with E-state index in [9.17, 15) is 4.79 Å². The molecule has 0 fully saturated rings. The van der Waals surface area contributed by atoms with Crippen molar-refractivity contribution in [2.75, 3.05) is 6.61 Å². The zero-order valence-electron chi connectivity index (χ0n) is 12.2. The minimum absolute atomic E-state index is 0.144. The first kappa shape index (κ1) is 18.6. The summed E-state index contributed by atoms with van der Waals surface area (Å²) in [5.41, 5.74) is 0.877. The molecule has 0 bridgehead atoms. The van der Waals surface area contributed by atoms with Crippen LogP contribution in [0.15, 0.2) is 67.3 Å². The van der Waals surface area contributed by atoms with Crippen LogP contribution in [0.4, 0.5) is 0 Å². The summed E-state index contributed by atoms with van der Waals surface area (Å²) in [6, 6.07) is 15.6. The second-order valence-corrected chi connectivity index (χ2v) is 7.96. The predicted molar refractivity (Wildman–Crippen MR) is 104 cm³/mol. The van der Waals surface area contributed by atoms with Gasteiger partial charge in [-0.2, -0.15) is 0 Å². The lowest BCUT2D eigenvalue weighted by Gasteiger charge is -2.11. The van der Waals surface area contributed by atoms with Crippen molar-refractivity contribution in [1.29, 1.82) is 0 Å². The number of hydrogen-bond donors (Lipinski definition) is 0. The van der Waals surface area contributed by atoms with E-state index in [1.807, 2.05) is 48.5 Å².